The number of phenols is 1. The number of phenolic OH excluding ortho intramolecular Hbond substituents is 1. The number of hydrogen-bond acceptors (Lipinski definition) is 20. The van der Waals surface area contributed by atoms with Gasteiger partial charge in [-0.2, -0.15) is 79.7 Å². The van der Waals surface area contributed by atoms with Crippen LogP contribution in [0.4, 0.5) is 51.2 Å². The van der Waals surface area contributed by atoms with Crippen LogP contribution in [-0.2, 0) is 40.5 Å². The number of aromatic hydroxyl groups is 1. The lowest BCUT2D eigenvalue weighted by molar-refractivity contribution is 0.467. The van der Waals surface area contributed by atoms with Crippen LogP contribution in [0.5, 0.6) is 5.75 Å². The van der Waals surface area contributed by atoms with Gasteiger partial charge in [0.25, 0.3) is 40.5 Å². The second kappa shape index (κ2) is 22.8. The number of nitrogens with zero attached hydrogens (tertiary/aromatic N) is 10. The summed E-state index contributed by atoms with van der Waals surface area (Å²) in [6.45, 7) is 11.7. The fourth-order valence-corrected chi connectivity index (χ4v) is 10.3. The number of aliphatic hydroxyl groups is 1. The molecule has 408 valence electrons. The third-order valence-corrected chi connectivity index (χ3v) is 15.3. The van der Waals surface area contributed by atoms with Crippen LogP contribution in [0.15, 0.2) is 180 Å². The molecule has 0 bridgehead atoms. The highest BCUT2D eigenvalue weighted by molar-refractivity contribution is 7.90. The van der Waals surface area contributed by atoms with Gasteiger partial charge < -0.3 is 10.2 Å². The molecule has 79 heavy (non-hydrogen) atoms. The third kappa shape index (κ3) is 14.2. The van der Waals surface area contributed by atoms with E-state index in [0.717, 1.165) is 24.5 Å². The first-order valence-corrected chi connectivity index (χ1v) is 28.6. The standard InChI is InChI=1S/C51H46N10O14S4/c1-27-14-38(10-12-43(27)57-54-37-11-13-44(28(2)15-37)58-61-47-25-42-36(23-50(47)79(73,74)75)21-41(76(64,65)66)24-49(42)78(70,71)72)55-60-46-19-29(3)45(18-30(46)4)59-52-33(7)48(77(67,68)69)22-35-20-39(9-8-34(35)26-62)53-56-40-16-31(5)51(63)32(6)17-40/h8-26,62-63H,1-7H3,(H,64,65,66)(H,67,68,69)(H,70,71,72)(H,73,74,75)/b34-26+,35-22-,48-33-,56-53?,57-54?,59-52+,60-55?,61-58?. The van der Waals surface area contributed by atoms with E-state index in [2.05, 4.69) is 51.1 Å². The molecule has 0 spiro atoms. The van der Waals surface area contributed by atoms with Crippen molar-refractivity contribution in [2.24, 2.45) is 51.1 Å². The highest BCUT2D eigenvalue weighted by Gasteiger charge is 2.25. The zero-order valence-electron chi connectivity index (χ0n) is 42.5. The zero-order chi connectivity index (χ0) is 57.9. The van der Waals surface area contributed by atoms with Crippen molar-refractivity contribution in [3.63, 3.8) is 0 Å². The van der Waals surface area contributed by atoms with Crippen LogP contribution in [0.1, 0.15) is 40.3 Å². The molecule has 0 amide bonds. The SMILES string of the molecule is CC(/N=N/c1cc(C)c(N=Nc2ccc(N=Nc3ccc(N=Nc4cc5c(S(=O)(=O)O)cc(S(=O)(=O)O)cc5cc4S(=O)(=O)O)c(C)c3)c(C)c2)cc1C)=C(\C=c1\cc(N=Nc2cc(C)c(O)c(C)c2)cc\c1=C/O)S(=O)(=O)O. The number of fused-ring (bicyclic) bond motifs is 1. The maximum atomic E-state index is 12.7. The van der Waals surface area contributed by atoms with Gasteiger partial charge in [0.15, 0.2) is 0 Å². The molecule has 6 N–H and O–H groups in total. The van der Waals surface area contributed by atoms with Crippen molar-refractivity contribution in [1.82, 2.24) is 0 Å². The summed E-state index contributed by atoms with van der Waals surface area (Å²) in [5.41, 5.74) is 6.04. The molecule has 7 aromatic carbocycles. The van der Waals surface area contributed by atoms with Crippen LogP contribution in [0.3, 0.4) is 0 Å². The Hall–Kier alpha value is -8.48. The van der Waals surface area contributed by atoms with E-state index >= 15 is 0 Å². The Balaban J connectivity index is 1.07. The summed E-state index contributed by atoms with van der Waals surface area (Å²) in [7, 11) is -20.1. The molecule has 24 nitrogen and oxygen atoms in total. The van der Waals surface area contributed by atoms with E-state index in [0.29, 0.717) is 85.3 Å². The minimum Gasteiger partial charge on any atom is -0.515 e. The van der Waals surface area contributed by atoms with Gasteiger partial charge in [0, 0.05) is 10.6 Å². The van der Waals surface area contributed by atoms with Crippen LogP contribution in [0.2, 0.25) is 0 Å². The van der Waals surface area contributed by atoms with Crippen LogP contribution >= 0.6 is 0 Å². The van der Waals surface area contributed by atoms with Gasteiger partial charge in [0.05, 0.1) is 62.4 Å². The molecule has 0 atom stereocenters. The van der Waals surface area contributed by atoms with E-state index in [1.165, 1.54) is 31.2 Å². The molecule has 0 unspecified atom stereocenters. The molecule has 28 heteroatoms. The van der Waals surface area contributed by atoms with E-state index in [4.69, 9.17) is 0 Å². The van der Waals surface area contributed by atoms with Crippen LogP contribution < -0.4 is 10.4 Å². The Labute approximate surface area is 452 Å². The molecule has 7 aromatic rings. The van der Waals surface area contributed by atoms with Gasteiger partial charge >= 0.3 is 0 Å². The Morgan fingerprint density at radius 1 is 0.430 bits per heavy atom. The normalized spacial score (nSPS) is 13.9. The Morgan fingerprint density at radius 3 is 1.41 bits per heavy atom. The van der Waals surface area contributed by atoms with Crippen LogP contribution in [0.25, 0.3) is 23.1 Å². The summed E-state index contributed by atoms with van der Waals surface area (Å²) < 4.78 is 138. The minimum absolute atomic E-state index is 0.140. The molecule has 0 aromatic heterocycles. The molecule has 0 aliphatic heterocycles. The maximum Gasteiger partial charge on any atom is 0.296 e. The molecule has 0 radical (unpaired) electrons. The number of rotatable bonds is 15. The molecule has 0 saturated carbocycles. The van der Waals surface area contributed by atoms with Gasteiger partial charge in [0.1, 0.15) is 26.1 Å². The highest BCUT2D eigenvalue weighted by atomic mass is 32.2. The van der Waals surface area contributed by atoms with Gasteiger partial charge in [-0.3, -0.25) is 18.2 Å². The van der Waals surface area contributed by atoms with Gasteiger partial charge in [-0.05, 0) is 202 Å². The largest absolute Gasteiger partial charge is 0.515 e. The maximum absolute atomic E-state index is 12.7. The molecule has 0 aliphatic carbocycles. The molecular formula is C51H46N10O14S4. The number of aliphatic hydroxyl groups excluding tert-OH is 1. The first-order valence-electron chi connectivity index (χ1n) is 22.8. The molecular weight excluding hydrogens is 1100 g/mol. The Bertz CT molecular complexity index is 4460. The van der Waals surface area contributed by atoms with Crippen molar-refractivity contribution in [2.75, 3.05) is 0 Å². The molecule has 0 saturated heterocycles. The second-order valence-electron chi connectivity index (χ2n) is 17.7. The second-order valence-corrected chi connectivity index (χ2v) is 23.3. The van der Waals surface area contributed by atoms with E-state index in [9.17, 15) is 62.1 Å². The Morgan fingerprint density at radius 2 is 0.886 bits per heavy atom. The number of aryl methyl sites for hydroxylation is 6. The summed E-state index contributed by atoms with van der Waals surface area (Å²) >= 11 is 0. The van der Waals surface area contributed by atoms with Crippen molar-refractivity contribution < 1.29 is 62.1 Å². The van der Waals surface area contributed by atoms with Crippen molar-refractivity contribution in [1.29, 1.82) is 0 Å². The summed E-state index contributed by atoms with van der Waals surface area (Å²) in [4.78, 5) is -3.45. The topological polar surface area (TPSA) is 382 Å². The van der Waals surface area contributed by atoms with Crippen LogP contribution in [-0.4, -0.2) is 62.1 Å². The van der Waals surface area contributed by atoms with Crippen molar-refractivity contribution in [2.45, 2.75) is 63.2 Å². The van der Waals surface area contributed by atoms with Gasteiger partial charge in [-0.15, -0.1) is 5.11 Å². The lowest BCUT2D eigenvalue weighted by atomic mass is 10.1. The lowest BCUT2D eigenvalue weighted by Crippen LogP contribution is -2.25. The highest BCUT2D eigenvalue weighted by Crippen LogP contribution is 2.38. The van der Waals surface area contributed by atoms with Gasteiger partial charge in [0.2, 0.25) is 0 Å². The average molecular weight is 1150 g/mol. The van der Waals surface area contributed by atoms with Gasteiger partial charge in [-0.1, -0.05) is 0 Å². The Kier molecular flexibility index (Phi) is 16.8. The van der Waals surface area contributed by atoms with E-state index in [1.807, 2.05) is 0 Å². The summed E-state index contributed by atoms with van der Waals surface area (Å²) in [6.07, 6.45) is 1.89. The lowest BCUT2D eigenvalue weighted by Gasteiger charge is -2.10. The smallest absolute Gasteiger partial charge is 0.296 e. The third-order valence-electron chi connectivity index (χ3n) is 11.7. The summed E-state index contributed by atoms with van der Waals surface area (Å²) in [5, 5.41) is 61.9. The first kappa shape index (κ1) is 58.2. The predicted molar refractivity (Wildman–Crippen MR) is 292 cm³/mol. The number of hydrogen-bond donors (Lipinski definition) is 6. The van der Waals surface area contributed by atoms with E-state index < -0.39 is 76.5 Å². The van der Waals surface area contributed by atoms with Crippen LogP contribution in [0, 0.1) is 41.5 Å². The summed E-state index contributed by atoms with van der Waals surface area (Å²) in [5.74, 6) is 0.140. The fraction of sp³-hybridized carbons (Fsp3) is 0.137. The monoisotopic (exact) mass is 1150 g/mol. The van der Waals surface area contributed by atoms with Crippen molar-refractivity contribution in [3.8, 4) is 5.75 Å². The number of benzene rings is 7. The summed E-state index contributed by atoms with van der Waals surface area (Å²) in [6, 6.07) is 23.6. The predicted octanol–water partition coefficient (Wildman–Crippen LogP) is 12.8. The quantitative estimate of drug-likeness (QED) is 0.0411. The van der Waals surface area contributed by atoms with Crippen molar-refractivity contribution >= 4 is 115 Å². The van der Waals surface area contributed by atoms with E-state index in [1.54, 1.807) is 96.1 Å². The molecule has 0 aliphatic rings. The average Bonchev–Trinajstić information content (AvgIpc) is 3.53. The molecule has 7 rings (SSSR count). The zero-order valence-corrected chi connectivity index (χ0v) is 45.8. The van der Waals surface area contributed by atoms with Crippen molar-refractivity contribution in [3.05, 3.63) is 158 Å². The van der Waals surface area contributed by atoms with Gasteiger partial charge in [-0.25, -0.2) is 0 Å². The number of azo groups is 5. The van der Waals surface area contributed by atoms with E-state index in [-0.39, 0.29) is 27.6 Å². The number of allylic oxidation sites excluding steroid dienone is 2. The molecule has 0 fully saturated rings. The minimum atomic E-state index is -5.15. The first-order chi connectivity index (χ1) is 36.9. The molecule has 0 heterocycles. The fourth-order valence-electron chi connectivity index (χ4n) is 7.58.